The molecule has 0 aliphatic carbocycles. The Kier molecular flexibility index (Phi) is 6.12. The third-order valence-electron chi connectivity index (χ3n) is 5.58. The molecule has 3 aromatic rings. The van der Waals surface area contributed by atoms with Gasteiger partial charge in [0.2, 0.25) is 5.91 Å². The highest BCUT2D eigenvalue weighted by molar-refractivity contribution is 5.77. The van der Waals surface area contributed by atoms with Gasteiger partial charge in [-0.25, -0.2) is 4.98 Å². The Hall–Kier alpha value is -3.15. The van der Waals surface area contributed by atoms with E-state index in [1.807, 2.05) is 47.4 Å². The summed E-state index contributed by atoms with van der Waals surface area (Å²) < 4.78 is 7.74. The number of para-hydroxylation sites is 2. The van der Waals surface area contributed by atoms with Gasteiger partial charge in [-0.2, -0.15) is 0 Å². The monoisotopic (exact) mass is 405 g/mol. The second kappa shape index (κ2) is 9.11. The minimum Gasteiger partial charge on any atom is -0.488 e. The lowest BCUT2D eigenvalue weighted by Gasteiger charge is -2.24. The largest absolute Gasteiger partial charge is 0.488 e. The molecule has 1 aliphatic heterocycles. The Balaban J connectivity index is 1.49. The van der Waals surface area contributed by atoms with E-state index in [9.17, 15) is 9.59 Å². The lowest BCUT2D eigenvalue weighted by atomic mass is 10.1. The number of ether oxygens (including phenoxy) is 1. The van der Waals surface area contributed by atoms with Crippen LogP contribution in [0.3, 0.4) is 0 Å². The van der Waals surface area contributed by atoms with Crippen molar-refractivity contribution in [1.82, 2.24) is 14.5 Å². The third-order valence-corrected chi connectivity index (χ3v) is 5.58. The number of benzene rings is 2. The van der Waals surface area contributed by atoms with E-state index in [2.05, 4.69) is 11.9 Å². The molecule has 1 unspecified atom stereocenters. The molecule has 6 heteroatoms. The minimum atomic E-state index is -0.112. The summed E-state index contributed by atoms with van der Waals surface area (Å²) in [4.78, 5) is 32.0. The van der Waals surface area contributed by atoms with Crippen LogP contribution >= 0.6 is 0 Å². The molecule has 156 valence electrons. The number of unbranched alkanes of at least 4 members (excludes halogenated alkanes) is 1. The van der Waals surface area contributed by atoms with Gasteiger partial charge in [-0.3, -0.25) is 14.2 Å². The number of carbonyl (C=O) groups is 1. The SMILES string of the molecule is CCCCC1CN(C(=O)CCn2cnc3ccccc3c2=O)Cc2ccccc2O1. The van der Waals surface area contributed by atoms with E-state index in [-0.39, 0.29) is 24.0 Å². The van der Waals surface area contributed by atoms with Crippen LogP contribution < -0.4 is 10.3 Å². The number of fused-ring (bicyclic) bond motifs is 2. The molecule has 0 spiro atoms. The molecule has 0 N–H and O–H groups in total. The minimum absolute atomic E-state index is 0.0115. The van der Waals surface area contributed by atoms with Crippen LogP contribution in [-0.4, -0.2) is 33.0 Å². The molecule has 0 saturated heterocycles. The highest BCUT2D eigenvalue weighted by Crippen LogP contribution is 2.26. The Morgan fingerprint density at radius 3 is 2.83 bits per heavy atom. The molecule has 6 nitrogen and oxygen atoms in total. The fourth-order valence-electron chi connectivity index (χ4n) is 3.89. The summed E-state index contributed by atoms with van der Waals surface area (Å²) in [5.41, 5.74) is 1.58. The number of amides is 1. The molecular weight excluding hydrogens is 378 g/mol. The first kappa shape index (κ1) is 20.1. The van der Waals surface area contributed by atoms with Crippen LogP contribution in [0.5, 0.6) is 5.75 Å². The maximum Gasteiger partial charge on any atom is 0.261 e. The predicted octanol–water partition coefficient (Wildman–Crippen LogP) is 3.77. The van der Waals surface area contributed by atoms with Crippen LogP contribution in [-0.2, 0) is 17.9 Å². The maximum absolute atomic E-state index is 13.1. The number of aromatic nitrogens is 2. The lowest BCUT2D eigenvalue weighted by Crippen LogP contribution is -2.38. The van der Waals surface area contributed by atoms with Crippen molar-refractivity contribution in [3.8, 4) is 5.75 Å². The second-order valence-electron chi connectivity index (χ2n) is 7.77. The van der Waals surface area contributed by atoms with Gasteiger partial charge in [-0.15, -0.1) is 0 Å². The summed E-state index contributed by atoms with van der Waals surface area (Å²) in [6.07, 6.45) is 4.84. The number of nitrogens with zero attached hydrogens (tertiary/aromatic N) is 3. The van der Waals surface area contributed by atoms with Crippen molar-refractivity contribution in [1.29, 1.82) is 0 Å². The van der Waals surface area contributed by atoms with E-state index < -0.39 is 0 Å². The van der Waals surface area contributed by atoms with Crippen LogP contribution in [0.4, 0.5) is 0 Å². The van der Waals surface area contributed by atoms with Crippen LogP contribution in [0.15, 0.2) is 59.7 Å². The van der Waals surface area contributed by atoms with Gasteiger partial charge < -0.3 is 9.64 Å². The first-order valence-corrected chi connectivity index (χ1v) is 10.6. The predicted molar refractivity (Wildman–Crippen MR) is 116 cm³/mol. The first-order valence-electron chi connectivity index (χ1n) is 10.6. The van der Waals surface area contributed by atoms with E-state index in [1.54, 1.807) is 6.07 Å². The Bertz CT molecular complexity index is 1090. The van der Waals surface area contributed by atoms with Gasteiger partial charge in [-0.05, 0) is 31.0 Å². The standard InChI is InChI=1S/C24H27N3O3/c1-2-3-9-19-16-27(15-18-8-4-7-12-22(18)30-19)23(28)13-14-26-17-25-21-11-6-5-10-20(21)24(26)29/h4-8,10-12,17,19H,2-3,9,13-16H2,1H3. The average molecular weight is 405 g/mol. The fourth-order valence-corrected chi connectivity index (χ4v) is 3.89. The summed E-state index contributed by atoms with van der Waals surface area (Å²) in [5.74, 6) is 0.890. The third kappa shape index (κ3) is 4.37. The summed E-state index contributed by atoms with van der Waals surface area (Å²) >= 11 is 0. The zero-order valence-electron chi connectivity index (χ0n) is 17.3. The summed E-state index contributed by atoms with van der Waals surface area (Å²) in [7, 11) is 0. The van der Waals surface area contributed by atoms with Crippen molar-refractivity contribution in [2.24, 2.45) is 0 Å². The molecule has 0 bridgehead atoms. The molecule has 4 rings (SSSR count). The van der Waals surface area contributed by atoms with Crippen molar-refractivity contribution in [3.05, 3.63) is 70.8 Å². The van der Waals surface area contributed by atoms with Gasteiger partial charge in [-0.1, -0.05) is 43.7 Å². The maximum atomic E-state index is 13.1. The van der Waals surface area contributed by atoms with Crippen LogP contribution in [0.2, 0.25) is 0 Å². The van der Waals surface area contributed by atoms with Crippen molar-refractivity contribution in [2.75, 3.05) is 6.54 Å². The molecule has 2 aromatic carbocycles. The Morgan fingerprint density at radius 2 is 1.97 bits per heavy atom. The Labute approximate surface area is 176 Å². The molecule has 0 saturated carbocycles. The summed E-state index contributed by atoms with van der Waals surface area (Å²) in [5, 5.41) is 0.573. The second-order valence-corrected chi connectivity index (χ2v) is 7.77. The van der Waals surface area contributed by atoms with Crippen molar-refractivity contribution in [3.63, 3.8) is 0 Å². The van der Waals surface area contributed by atoms with Gasteiger partial charge in [0.05, 0.1) is 23.8 Å². The first-order chi connectivity index (χ1) is 14.7. The van der Waals surface area contributed by atoms with Crippen LogP contribution in [0.25, 0.3) is 10.9 Å². The number of hydrogen-bond acceptors (Lipinski definition) is 4. The zero-order chi connectivity index (χ0) is 20.9. The van der Waals surface area contributed by atoms with Gasteiger partial charge in [0.25, 0.3) is 5.56 Å². The molecular formula is C24H27N3O3. The zero-order valence-corrected chi connectivity index (χ0v) is 17.3. The highest BCUT2D eigenvalue weighted by Gasteiger charge is 2.25. The summed E-state index contributed by atoms with van der Waals surface area (Å²) in [6.45, 7) is 3.57. The van der Waals surface area contributed by atoms with Crippen molar-refractivity contribution >= 4 is 16.8 Å². The van der Waals surface area contributed by atoms with E-state index >= 15 is 0 Å². The summed E-state index contributed by atoms with van der Waals surface area (Å²) in [6, 6.07) is 15.2. The van der Waals surface area contributed by atoms with Crippen molar-refractivity contribution < 1.29 is 9.53 Å². The number of rotatable bonds is 6. The molecule has 0 radical (unpaired) electrons. The molecule has 2 heterocycles. The quantitative estimate of drug-likeness (QED) is 0.626. The fraction of sp³-hybridized carbons (Fsp3) is 0.375. The molecule has 1 amide bonds. The van der Waals surface area contributed by atoms with E-state index in [4.69, 9.17) is 4.74 Å². The topological polar surface area (TPSA) is 64.4 Å². The number of hydrogen-bond donors (Lipinski definition) is 0. The smallest absolute Gasteiger partial charge is 0.261 e. The lowest BCUT2D eigenvalue weighted by molar-refractivity contribution is -0.132. The molecule has 1 atom stereocenters. The van der Waals surface area contributed by atoms with Gasteiger partial charge in [0.15, 0.2) is 0 Å². The average Bonchev–Trinajstić information content (AvgIpc) is 2.96. The molecule has 1 aromatic heterocycles. The van der Waals surface area contributed by atoms with Gasteiger partial charge >= 0.3 is 0 Å². The highest BCUT2D eigenvalue weighted by atomic mass is 16.5. The van der Waals surface area contributed by atoms with Crippen LogP contribution in [0.1, 0.15) is 38.2 Å². The van der Waals surface area contributed by atoms with Crippen LogP contribution in [0, 0.1) is 0 Å². The number of carbonyl (C=O) groups excluding carboxylic acids is 1. The van der Waals surface area contributed by atoms with E-state index in [0.29, 0.717) is 30.5 Å². The number of aryl methyl sites for hydroxylation is 1. The van der Waals surface area contributed by atoms with Gasteiger partial charge in [0, 0.05) is 25.1 Å². The molecule has 30 heavy (non-hydrogen) atoms. The van der Waals surface area contributed by atoms with Crippen molar-refractivity contribution in [2.45, 2.75) is 51.8 Å². The Morgan fingerprint density at radius 1 is 1.17 bits per heavy atom. The van der Waals surface area contributed by atoms with E-state index in [1.165, 1.54) is 10.9 Å². The normalized spacial score (nSPS) is 16.0. The molecule has 1 aliphatic rings. The van der Waals surface area contributed by atoms with E-state index in [0.717, 1.165) is 30.6 Å². The van der Waals surface area contributed by atoms with Gasteiger partial charge in [0.1, 0.15) is 11.9 Å². The molecule has 0 fully saturated rings.